The number of anilines is 1. The van der Waals surface area contributed by atoms with E-state index in [1.807, 2.05) is 17.9 Å². The molecule has 1 amide bonds. The highest BCUT2D eigenvalue weighted by Crippen LogP contribution is 2.42. The molecule has 4 fully saturated rings. The van der Waals surface area contributed by atoms with Crippen LogP contribution >= 0.6 is 11.6 Å². The molecule has 0 saturated carbocycles. The van der Waals surface area contributed by atoms with E-state index < -0.39 is 29.4 Å². The molecule has 8 rings (SSSR count). The maximum atomic E-state index is 17.0. The lowest BCUT2D eigenvalue weighted by molar-refractivity contribution is -0.128. The van der Waals surface area contributed by atoms with Crippen molar-refractivity contribution in [2.45, 2.75) is 68.9 Å². The Morgan fingerprint density at radius 1 is 1.14 bits per heavy atom. The number of piperazine rings is 1. The number of benzene rings is 2. The minimum atomic E-state index is -0.965. The number of amides is 1. The zero-order valence-electron chi connectivity index (χ0n) is 31.4. The number of carbonyl (C=O) groups excluding carboxylic acids is 1. The third-order valence-electron chi connectivity index (χ3n) is 12.1. The molecule has 5 atom stereocenters. The van der Waals surface area contributed by atoms with Crippen LogP contribution in [0.1, 0.15) is 39.0 Å². The van der Waals surface area contributed by atoms with E-state index in [0.29, 0.717) is 47.1 Å². The number of pyridine rings is 1. The van der Waals surface area contributed by atoms with Crippen molar-refractivity contribution >= 4 is 45.0 Å². The number of fused-ring (bicyclic) bond motifs is 3. The SMILES string of the molecule is CO[C@H]1CCN(C(C)/C=C/C(=O)N2CCN(c3nc(OC[C@@]45CCCN4C[C@H](F)C5)nc4c(F)c(-c5cccc6ccc(F)c(Cl)c56)ncc34)C[C@@H]2CC#N)C1. The van der Waals surface area contributed by atoms with Crippen molar-refractivity contribution in [1.29, 1.82) is 5.26 Å². The predicted molar refractivity (Wildman–Crippen MR) is 207 cm³/mol. The van der Waals surface area contributed by atoms with Crippen LogP contribution in [0, 0.1) is 23.0 Å². The standard InChI is InChI=1S/C41H44ClF3N8O3/c1-25(50-16-12-29(23-50)55-2)7-10-33(54)53-18-17-51(22-28(53)11-14-46)39-31-20-47-37(30-6-3-5-26-8-9-32(44)35(42)34(26)30)36(45)38(31)48-40(49-39)56-24-41-13-4-15-52(41)21-27(43)19-41/h3,5-10,20,25,27-29H,4,11-13,15-19,21-24H2,1-2H3/b10-7+/t25?,27-,28+,29+,41+/m1/s1. The molecule has 294 valence electrons. The third-order valence-corrected chi connectivity index (χ3v) is 12.4. The van der Waals surface area contributed by atoms with Crippen LogP contribution in [0.5, 0.6) is 6.01 Å². The molecule has 15 heteroatoms. The molecule has 4 aromatic rings. The number of aromatic nitrogens is 3. The largest absolute Gasteiger partial charge is 0.461 e. The van der Waals surface area contributed by atoms with Gasteiger partial charge >= 0.3 is 6.01 Å². The number of carbonyl (C=O) groups is 1. The number of nitriles is 1. The number of alkyl halides is 1. The van der Waals surface area contributed by atoms with Gasteiger partial charge in [0.05, 0.1) is 40.6 Å². The lowest BCUT2D eigenvalue weighted by Crippen LogP contribution is -2.55. The van der Waals surface area contributed by atoms with Crippen LogP contribution < -0.4 is 9.64 Å². The maximum absolute atomic E-state index is 17.0. The topological polar surface area (TPSA) is 111 Å². The Balaban J connectivity index is 1.13. The number of likely N-dealkylation sites (tertiary alicyclic amines) is 1. The lowest BCUT2D eigenvalue weighted by Gasteiger charge is -2.41. The van der Waals surface area contributed by atoms with E-state index in [4.69, 9.17) is 26.1 Å². The van der Waals surface area contributed by atoms with Crippen molar-refractivity contribution in [3.05, 3.63) is 65.3 Å². The molecule has 0 N–H and O–H groups in total. The molecular formula is C41H44ClF3N8O3. The highest BCUT2D eigenvalue weighted by molar-refractivity contribution is 6.36. The average Bonchev–Trinajstić information content (AvgIpc) is 3.92. The molecule has 4 aliphatic heterocycles. The van der Waals surface area contributed by atoms with Gasteiger partial charge in [0.2, 0.25) is 5.91 Å². The van der Waals surface area contributed by atoms with E-state index in [2.05, 4.69) is 25.8 Å². The Bertz CT molecular complexity index is 2220. The van der Waals surface area contributed by atoms with E-state index >= 15 is 4.39 Å². The smallest absolute Gasteiger partial charge is 0.319 e. The summed E-state index contributed by atoms with van der Waals surface area (Å²) in [7, 11) is 1.71. The van der Waals surface area contributed by atoms with E-state index in [1.54, 1.807) is 42.4 Å². The zero-order valence-corrected chi connectivity index (χ0v) is 32.2. The second kappa shape index (κ2) is 15.8. The molecule has 0 bridgehead atoms. The van der Waals surface area contributed by atoms with Gasteiger partial charge < -0.3 is 19.3 Å². The van der Waals surface area contributed by atoms with Gasteiger partial charge in [0.1, 0.15) is 35.6 Å². The molecular weight excluding hydrogens is 745 g/mol. The summed E-state index contributed by atoms with van der Waals surface area (Å²) in [6.45, 7) is 5.81. The van der Waals surface area contributed by atoms with Gasteiger partial charge in [0.25, 0.3) is 0 Å². The van der Waals surface area contributed by atoms with Crippen LogP contribution in [0.25, 0.3) is 32.9 Å². The van der Waals surface area contributed by atoms with Crippen LogP contribution in [0.4, 0.5) is 19.0 Å². The zero-order chi connectivity index (χ0) is 39.1. The summed E-state index contributed by atoms with van der Waals surface area (Å²) < 4.78 is 58.1. The quantitative estimate of drug-likeness (QED) is 0.169. The second-order valence-electron chi connectivity index (χ2n) is 15.4. The fourth-order valence-corrected chi connectivity index (χ4v) is 9.32. The Hall–Kier alpha value is -4.55. The summed E-state index contributed by atoms with van der Waals surface area (Å²) in [5, 5.41) is 10.9. The molecule has 4 saturated heterocycles. The minimum absolute atomic E-state index is 0.0349. The van der Waals surface area contributed by atoms with Crippen molar-refractivity contribution in [3.8, 4) is 23.3 Å². The third kappa shape index (κ3) is 7.15. The van der Waals surface area contributed by atoms with Crippen LogP contribution in [0.2, 0.25) is 5.02 Å². The molecule has 0 aliphatic carbocycles. The molecule has 11 nitrogen and oxygen atoms in total. The second-order valence-corrected chi connectivity index (χ2v) is 15.8. The van der Waals surface area contributed by atoms with Crippen molar-refractivity contribution in [3.63, 3.8) is 0 Å². The van der Waals surface area contributed by atoms with Gasteiger partial charge in [0.15, 0.2) is 5.82 Å². The van der Waals surface area contributed by atoms with E-state index in [-0.39, 0.29) is 66.4 Å². The summed E-state index contributed by atoms with van der Waals surface area (Å²) in [4.78, 5) is 35.5. The van der Waals surface area contributed by atoms with Gasteiger partial charge in [0, 0.05) is 82.1 Å². The highest BCUT2D eigenvalue weighted by Gasteiger charge is 2.49. The first kappa shape index (κ1) is 38.3. The minimum Gasteiger partial charge on any atom is -0.461 e. The molecule has 0 spiro atoms. The van der Waals surface area contributed by atoms with Crippen molar-refractivity contribution in [2.75, 3.05) is 64.4 Å². The number of halogens is 4. The summed E-state index contributed by atoms with van der Waals surface area (Å²) in [6.07, 6.45) is 7.19. The predicted octanol–water partition coefficient (Wildman–Crippen LogP) is 6.33. The van der Waals surface area contributed by atoms with Gasteiger partial charge in [-0.15, -0.1) is 0 Å². The summed E-state index contributed by atoms with van der Waals surface area (Å²) >= 11 is 6.44. The first-order valence-corrected chi connectivity index (χ1v) is 19.6. The van der Waals surface area contributed by atoms with Gasteiger partial charge in [-0.05, 0) is 44.2 Å². The van der Waals surface area contributed by atoms with Crippen molar-refractivity contribution < 1.29 is 27.4 Å². The molecule has 2 aromatic heterocycles. The summed E-state index contributed by atoms with van der Waals surface area (Å²) in [6, 6.07) is 9.63. The molecule has 1 unspecified atom stereocenters. The number of hydrogen-bond acceptors (Lipinski definition) is 10. The van der Waals surface area contributed by atoms with Crippen LogP contribution in [0.15, 0.2) is 48.7 Å². The van der Waals surface area contributed by atoms with Crippen molar-refractivity contribution in [2.24, 2.45) is 0 Å². The molecule has 6 heterocycles. The Morgan fingerprint density at radius 2 is 2.00 bits per heavy atom. The molecule has 56 heavy (non-hydrogen) atoms. The van der Waals surface area contributed by atoms with E-state index in [0.717, 1.165) is 38.9 Å². The van der Waals surface area contributed by atoms with E-state index in [1.165, 1.54) is 12.3 Å². The van der Waals surface area contributed by atoms with Gasteiger partial charge in [-0.25, -0.2) is 13.2 Å². The number of rotatable bonds is 10. The average molecular weight is 789 g/mol. The van der Waals surface area contributed by atoms with Crippen molar-refractivity contribution in [1.82, 2.24) is 29.7 Å². The maximum Gasteiger partial charge on any atom is 0.319 e. The fraction of sp³-hybridized carbons (Fsp3) is 0.488. The normalized spacial score (nSPS) is 25.1. The Morgan fingerprint density at radius 3 is 2.80 bits per heavy atom. The van der Waals surface area contributed by atoms with Gasteiger partial charge in [-0.3, -0.25) is 19.6 Å². The van der Waals surface area contributed by atoms with Crippen LogP contribution in [0.3, 0.4) is 0 Å². The van der Waals surface area contributed by atoms with Crippen LogP contribution in [-0.4, -0.2) is 125 Å². The number of nitrogens with zero attached hydrogens (tertiary/aromatic N) is 8. The molecule has 2 aromatic carbocycles. The Kier molecular flexibility index (Phi) is 10.8. The fourth-order valence-electron chi connectivity index (χ4n) is 9.04. The Labute approximate surface area is 328 Å². The summed E-state index contributed by atoms with van der Waals surface area (Å²) in [5.74, 6) is -1.27. The van der Waals surface area contributed by atoms with Crippen LogP contribution in [-0.2, 0) is 9.53 Å². The first-order chi connectivity index (χ1) is 27.1. The first-order valence-electron chi connectivity index (χ1n) is 19.2. The molecule has 4 aliphatic rings. The molecule has 0 radical (unpaired) electrons. The lowest BCUT2D eigenvalue weighted by atomic mass is 9.95. The number of ether oxygens (including phenoxy) is 2. The van der Waals surface area contributed by atoms with E-state index in [9.17, 15) is 18.8 Å². The highest BCUT2D eigenvalue weighted by atomic mass is 35.5. The monoisotopic (exact) mass is 788 g/mol. The van der Waals surface area contributed by atoms with Gasteiger partial charge in [-0.1, -0.05) is 41.9 Å². The van der Waals surface area contributed by atoms with Gasteiger partial charge in [-0.2, -0.15) is 15.2 Å². The number of hydrogen-bond donors (Lipinski definition) is 0. The number of methoxy groups -OCH3 is 1. The summed E-state index contributed by atoms with van der Waals surface area (Å²) in [5.41, 5.74) is -0.353.